The van der Waals surface area contributed by atoms with E-state index in [0.29, 0.717) is 18.2 Å². The third-order valence-electron chi connectivity index (χ3n) is 6.10. The van der Waals surface area contributed by atoms with Crippen molar-refractivity contribution in [3.8, 4) is 5.75 Å². The second-order valence-corrected chi connectivity index (χ2v) is 14.9. The summed E-state index contributed by atoms with van der Waals surface area (Å²) >= 11 is 0. The third-order valence-corrected chi connectivity index (χ3v) is 9.62. The van der Waals surface area contributed by atoms with E-state index in [1.54, 1.807) is 0 Å². The molecule has 0 saturated heterocycles. The molecule has 23 heteroatoms. The lowest BCUT2D eigenvalue weighted by atomic mass is 10.0. The molecule has 0 radical (unpaired) electrons. The number of nitrogen functional groups attached to an aromatic ring is 2. The highest BCUT2D eigenvalue weighted by atomic mass is 32.2. The second-order valence-electron chi connectivity index (χ2n) is 9.28. The van der Waals surface area contributed by atoms with Crippen LogP contribution in [0.2, 0.25) is 0 Å². The summed E-state index contributed by atoms with van der Waals surface area (Å²) in [7, 11) is -19.9. The number of fused-ring (bicyclic) bond motifs is 1. The fourth-order valence-electron chi connectivity index (χ4n) is 4.09. The first-order valence-corrected chi connectivity index (χ1v) is 17.6. The quantitative estimate of drug-likeness (QED) is 0.0773. The Labute approximate surface area is 259 Å². The molecule has 0 aliphatic heterocycles. The maximum atomic E-state index is 12.3. The first-order chi connectivity index (χ1) is 21.0. The van der Waals surface area contributed by atoms with Gasteiger partial charge in [0.1, 0.15) is 37.4 Å². The third kappa shape index (κ3) is 6.95. The Morgan fingerprint density at radius 3 is 1.61 bits per heavy atom. The van der Waals surface area contributed by atoms with Gasteiger partial charge in [-0.3, -0.25) is 18.2 Å². The van der Waals surface area contributed by atoms with E-state index in [9.17, 15) is 57.0 Å². The van der Waals surface area contributed by atoms with E-state index in [1.807, 2.05) is 0 Å². The van der Waals surface area contributed by atoms with Crippen LogP contribution in [0.25, 0.3) is 10.8 Å². The predicted molar refractivity (Wildman–Crippen MR) is 160 cm³/mol. The highest BCUT2D eigenvalue weighted by molar-refractivity contribution is 7.86. The number of hydrogen-bond acceptors (Lipinski definition) is 15. The van der Waals surface area contributed by atoms with Crippen molar-refractivity contribution < 1.29 is 57.0 Å². The molecule has 0 unspecified atom stereocenters. The molecule has 0 amide bonds. The molecule has 0 saturated carbocycles. The molecule has 4 aromatic rings. The number of nitrogens with zero attached hydrogens (tertiary/aromatic N) is 4. The Morgan fingerprint density at radius 2 is 1.09 bits per heavy atom. The zero-order valence-electron chi connectivity index (χ0n) is 22.7. The minimum absolute atomic E-state index is 0.0368. The maximum Gasteiger partial charge on any atom is 0.296 e. The van der Waals surface area contributed by atoms with E-state index < -0.39 is 94.2 Å². The van der Waals surface area contributed by atoms with E-state index >= 15 is 0 Å². The van der Waals surface area contributed by atoms with Gasteiger partial charge in [-0.2, -0.15) is 33.7 Å². The van der Waals surface area contributed by atoms with Gasteiger partial charge in [0.05, 0.1) is 16.0 Å². The van der Waals surface area contributed by atoms with Crippen LogP contribution in [0.4, 0.5) is 34.1 Å². The molecule has 0 atom stereocenters. The zero-order chi connectivity index (χ0) is 34.6. The monoisotopic (exact) mass is 716 g/mol. The van der Waals surface area contributed by atoms with Crippen molar-refractivity contribution in [2.24, 2.45) is 20.5 Å². The summed E-state index contributed by atoms with van der Waals surface area (Å²) in [5.41, 5.74) is 8.55. The van der Waals surface area contributed by atoms with E-state index in [2.05, 4.69) is 20.5 Å². The molecule has 19 nitrogen and oxygen atoms in total. The molecule has 0 heterocycles. The van der Waals surface area contributed by atoms with Gasteiger partial charge in [0.15, 0.2) is 5.75 Å². The molecule has 0 aromatic heterocycles. The summed E-state index contributed by atoms with van der Waals surface area (Å²) in [6, 6.07) is 6.87. The van der Waals surface area contributed by atoms with Crippen molar-refractivity contribution in [3.05, 3.63) is 54.1 Å². The van der Waals surface area contributed by atoms with Crippen LogP contribution in [0.3, 0.4) is 0 Å². The Kier molecular flexibility index (Phi) is 8.66. The van der Waals surface area contributed by atoms with Crippen molar-refractivity contribution >= 4 is 85.4 Å². The Bertz CT molecular complexity index is 2460. The highest BCUT2D eigenvalue weighted by Gasteiger charge is 2.25. The van der Waals surface area contributed by atoms with Crippen LogP contribution in [0.5, 0.6) is 5.75 Å². The van der Waals surface area contributed by atoms with E-state index in [0.717, 1.165) is 24.3 Å². The topological polar surface area (TPSA) is 339 Å². The summed E-state index contributed by atoms with van der Waals surface area (Å²) in [4.78, 5) is -3.46. The van der Waals surface area contributed by atoms with Crippen molar-refractivity contribution in [2.45, 2.75) is 26.5 Å². The predicted octanol–water partition coefficient (Wildman–Crippen LogP) is 3.84. The Morgan fingerprint density at radius 1 is 0.587 bits per heavy atom. The molecule has 4 aromatic carbocycles. The van der Waals surface area contributed by atoms with Crippen molar-refractivity contribution in [3.63, 3.8) is 0 Å². The first kappa shape index (κ1) is 34.3. The average molecular weight is 717 g/mol. The van der Waals surface area contributed by atoms with Crippen molar-refractivity contribution in [1.29, 1.82) is 0 Å². The summed E-state index contributed by atoms with van der Waals surface area (Å²) in [5, 5.41) is 25.3. The fourth-order valence-corrected chi connectivity index (χ4v) is 6.47. The maximum absolute atomic E-state index is 12.3. The number of azo groups is 2. The number of nitrogens with two attached hydrogens (primary N) is 2. The van der Waals surface area contributed by atoms with Gasteiger partial charge in [-0.15, -0.1) is 20.5 Å². The number of hydrogen-bond donors (Lipinski definition) is 7. The Balaban J connectivity index is 2.00. The molecule has 0 fully saturated rings. The SMILES string of the molecule is Cc1cc2cc(S(=O)(=O)O)c(N=Nc3cc(N)ccc3S(=O)(=O)O)c(N)c2c(O)c1N=Nc1cc(S(=O)(=O)O)ccc1S(=O)(=O)O. The van der Waals surface area contributed by atoms with Crippen molar-refractivity contribution in [1.82, 2.24) is 0 Å². The molecule has 0 spiro atoms. The minimum Gasteiger partial charge on any atom is -0.505 e. The number of aromatic hydroxyl groups is 1. The standard InChI is InChI=1S/C23H20N6O13S4/c1-10-6-11-7-18(46(40,41)42)22(29-26-14-8-12(24)2-4-16(14)44(34,35)36)20(25)19(11)23(30)21(10)28-27-15-9-13(43(31,32)33)3-5-17(15)45(37,38)39/h2-9,30H,24-25H2,1H3,(H,31,32,33)(H,34,35,36)(H,37,38,39)(H,40,41,42). The molecular weight excluding hydrogens is 697 g/mol. The molecule has 0 bridgehead atoms. The molecule has 0 aliphatic rings. The van der Waals surface area contributed by atoms with Crippen LogP contribution in [0.1, 0.15) is 5.56 Å². The second kappa shape index (κ2) is 11.6. The number of rotatable bonds is 8. The molecule has 46 heavy (non-hydrogen) atoms. The Hall–Kier alpha value is -4.62. The smallest absolute Gasteiger partial charge is 0.296 e. The van der Waals surface area contributed by atoms with Crippen LogP contribution in [0.15, 0.2) is 88.6 Å². The number of aryl methyl sites for hydroxylation is 1. The summed E-state index contributed by atoms with van der Waals surface area (Å²) in [5.74, 6) is -0.823. The highest BCUT2D eigenvalue weighted by Crippen LogP contribution is 2.47. The van der Waals surface area contributed by atoms with Gasteiger partial charge in [-0.1, -0.05) is 0 Å². The zero-order valence-corrected chi connectivity index (χ0v) is 26.0. The molecule has 4 rings (SSSR count). The first-order valence-electron chi connectivity index (χ1n) is 11.9. The summed E-state index contributed by atoms with van der Waals surface area (Å²) in [6.45, 7) is 1.33. The molecular formula is C23H20N6O13S4. The number of anilines is 2. The van der Waals surface area contributed by atoms with Gasteiger partial charge in [-0.25, -0.2) is 0 Å². The van der Waals surface area contributed by atoms with Gasteiger partial charge in [0.2, 0.25) is 0 Å². The summed E-state index contributed by atoms with van der Waals surface area (Å²) < 4.78 is 133. The lowest BCUT2D eigenvalue weighted by Gasteiger charge is -2.14. The summed E-state index contributed by atoms with van der Waals surface area (Å²) in [6.07, 6.45) is 0. The van der Waals surface area contributed by atoms with Crippen LogP contribution in [-0.4, -0.2) is 57.0 Å². The van der Waals surface area contributed by atoms with Gasteiger partial charge in [-0.05, 0) is 66.4 Å². The number of benzene rings is 4. The fraction of sp³-hybridized carbons (Fsp3) is 0.0435. The van der Waals surface area contributed by atoms with Crippen LogP contribution in [0, 0.1) is 6.92 Å². The average Bonchev–Trinajstić information content (AvgIpc) is 2.89. The molecule has 0 aliphatic carbocycles. The van der Waals surface area contributed by atoms with Gasteiger partial charge < -0.3 is 16.6 Å². The molecule has 9 N–H and O–H groups in total. The van der Waals surface area contributed by atoms with Crippen molar-refractivity contribution in [2.75, 3.05) is 11.5 Å². The number of phenolic OH excluding ortho intramolecular Hbond substituents is 1. The largest absolute Gasteiger partial charge is 0.505 e. The van der Waals surface area contributed by atoms with Crippen LogP contribution in [-0.2, 0) is 40.5 Å². The lowest BCUT2D eigenvalue weighted by molar-refractivity contribution is 0.478. The van der Waals surface area contributed by atoms with Crippen LogP contribution >= 0.6 is 0 Å². The minimum atomic E-state index is -5.12. The van der Waals surface area contributed by atoms with Gasteiger partial charge in [0.25, 0.3) is 40.5 Å². The molecule has 244 valence electrons. The van der Waals surface area contributed by atoms with E-state index in [4.69, 9.17) is 11.5 Å². The van der Waals surface area contributed by atoms with E-state index in [1.165, 1.54) is 13.0 Å². The number of phenols is 1. The normalized spacial score (nSPS) is 13.2. The van der Waals surface area contributed by atoms with Crippen LogP contribution < -0.4 is 11.5 Å². The van der Waals surface area contributed by atoms with E-state index in [-0.39, 0.29) is 22.0 Å². The van der Waals surface area contributed by atoms with Gasteiger partial charge >= 0.3 is 0 Å². The van der Waals surface area contributed by atoms with Gasteiger partial charge in [0, 0.05) is 5.69 Å². The lowest BCUT2D eigenvalue weighted by Crippen LogP contribution is -2.02.